The van der Waals surface area contributed by atoms with E-state index in [-0.39, 0.29) is 11.8 Å². The number of hydrogen-bond donors (Lipinski definition) is 0. The summed E-state index contributed by atoms with van der Waals surface area (Å²) < 4.78 is 0. The third kappa shape index (κ3) is 1.69. The minimum atomic E-state index is -0.256. The van der Waals surface area contributed by atoms with Gasteiger partial charge >= 0.3 is 0 Å². The van der Waals surface area contributed by atoms with Gasteiger partial charge in [0.15, 0.2) is 0 Å². The molecule has 0 bridgehead atoms. The van der Waals surface area contributed by atoms with Crippen LogP contribution in [0.2, 0.25) is 0 Å². The molecule has 3 nitrogen and oxygen atoms in total. The number of fused-ring (bicyclic) bond motifs is 1. The minimum Gasteiger partial charge on any atom is -0.314 e. The Morgan fingerprint density at radius 1 is 1.11 bits per heavy atom. The topological polar surface area (TPSA) is 44.1 Å². The molecule has 0 aliphatic carbocycles. The van der Waals surface area contributed by atoms with E-state index in [0.717, 1.165) is 16.8 Å². The first-order valence-corrected chi connectivity index (χ1v) is 6.09. The van der Waals surface area contributed by atoms with Gasteiger partial charge < -0.3 is 4.90 Å². The van der Waals surface area contributed by atoms with E-state index in [1.165, 1.54) is 0 Å². The van der Waals surface area contributed by atoms with Crippen molar-refractivity contribution >= 4 is 11.6 Å². The Balaban J connectivity index is 2.10. The molecule has 19 heavy (non-hydrogen) atoms. The summed E-state index contributed by atoms with van der Waals surface area (Å²) in [6.45, 7) is 0. The van der Waals surface area contributed by atoms with Gasteiger partial charge in [-0.15, -0.1) is 0 Å². The monoisotopic (exact) mass is 248 g/mol. The first kappa shape index (κ1) is 11.5. The lowest BCUT2D eigenvalue weighted by molar-refractivity contribution is -0.118. The lowest BCUT2D eigenvalue weighted by Gasteiger charge is -2.11. The van der Waals surface area contributed by atoms with Gasteiger partial charge in [-0.25, -0.2) is 0 Å². The fraction of sp³-hybridized carbons (Fsp3) is 0.125. The highest BCUT2D eigenvalue weighted by molar-refractivity contribution is 6.06. The van der Waals surface area contributed by atoms with E-state index in [0.29, 0.717) is 5.56 Å². The molecule has 1 heterocycles. The van der Waals surface area contributed by atoms with Gasteiger partial charge in [-0.2, -0.15) is 5.26 Å². The smallest absolute Gasteiger partial charge is 0.238 e. The van der Waals surface area contributed by atoms with Gasteiger partial charge in [0, 0.05) is 12.7 Å². The van der Waals surface area contributed by atoms with Gasteiger partial charge in [-0.1, -0.05) is 30.3 Å². The second kappa shape index (κ2) is 4.25. The van der Waals surface area contributed by atoms with E-state index in [4.69, 9.17) is 5.26 Å². The molecule has 3 rings (SSSR count). The molecule has 1 unspecified atom stereocenters. The summed E-state index contributed by atoms with van der Waals surface area (Å²) >= 11 is 0. The van der Waals surface area contributed by atoms with Crippen LogP contribution in [0.5, 0.6) is 0 Å². The number of nitriles is 1. The fourth-order valence-electron chi connectivity index (χ4n) is 2.55. The van der Waals surface area contributed by atoms with Crippen molar-refractivity contribution in [2.24, 2.45) is 0 Å². The van der Waals surface area contributed by atoms with Crippen molar-refractivity contribution in [2.45, 2.75) is 5.92 Å². The van der Waals surface area contributed by atoms with Crippen LogP contribution in [-0.4, -0.2) is 13.0 Å². The Kier molecular flexibility index (Phi) is 2.57. The molecule has 0 saturated carbocycles. The van der Waals surface area contributed by atoms with Crippen LogP contribution in [0.3, 0.4) is 0 Å². The second-order valence-corrected chi connectivity index (χ2v) is 4.62. The maximum atomic E-state index is 12.4. The van der Waals surface area contributed by atoms with E-state index in [2.05, 4.69) is 6.07 Å². The summed E-state index contributed by atoms with van der Waals surface area (Å²) in [5, 5.41) is 8.82. The highest BCUT2D eigenvalue weighted by Crippen LogP contribution is 2.39. The summed E-state index contributed by atoms with van der Waals surface area (Å²) in [7, 11) is 1.80. The van der Waals surface area contributed by atoms with Crippen LogP contribution in [0.25, 0.3) is 0 Å². The number of hydrogen-bond acceptors (Lipinski definition) is 2. The molecular weight excluding hydrogens is 236 g/mol. The Bertz CT molecular complexity index is 683. The number of amides is 1. The predicted molar refractivity (Wildman–Crippen MR) is 72.9 cm³/mol. The highest BCUT2D eigenvalue weighted by atomic mass is 16.2. The average molecular weight is 248 g/mol. The molecule has 0 saturated heterocycles. The molecule has 0 N–H and O–H groups in total. The molecule has 1 aliphatic heterocycles. The number of carbonyl (C=O) groups is 1. The summed E-state index contributed by atoms with van der Waals surface area (Å²) in [6.07, 6.45) is 0. The van der Waals surface area contributed by atoms with E-state index >= 15 is 0 Å². The van der Waals surface area contributed by atoms with Crippen LogP contribution in [0.1, 0.15) is 22.6 Å². The summed E-state index contributed by atoms with van der Waals surface area (Å²) in [5.74, 6) is -0.181. The molecule has 2 aromatic rings. The maximum absolute atomic E-state index is 12.4. The summed E-state index contributed by atoms with van der Waals surface area (Å²) in [5.41, 5.74) is 3.53. The first-order valence-electron chi connectivity index (χ1n) is 6.09. The molecule has 0 spiro atoms. The normalized spacial score (nSPS) is 17.2. The molecule has 92 valence electrons. The van der Waals surface area contributed by atoms with Crippen molar-refractivity contribution in [3.8, 4) is 6.07 Å². The van der Waals surface area contributed by atoms with Crippen LogP contribution in [0.4, 0.5) is 5.69 Å². The molecule has 0 radical (unpaired) electrons. The predicted octanol–water partition coefficient (Wildman–Crippen LogP) is 2.67. The summed E-state index contributed by atoms with van der Waals surface area (Å²) in [6, 6.07) is 17.1. The molecule has 1 aliphatic rings. The van der Waals surface area contributed by atoms with E-state index in [1.807, 2.05) is 36.4 Å². The van der Waals surface area contributed by atoms with Crippen LogP contribution < -0.4 is 4.90 Å². The SMILES string of the molecule is CN1C(=O)C(c2ccc(C#N)cc2)c2ccccc21. The first-order chi connectivity index (χ1) is 9.22. The Labute approximate surface area is 111 Å². The van der Waals surface area contributed by atoms with Crippen molar-refractivity contribution in [3.05, 3.63) is 65.2 Å². The number of para-hydroxylation sites is 1. The van der Waals surface area contributed by atoms with Gasteiger partial charge in [0.1, 0.15) is 0 Å². The van der Waals surface area contributed by atoms with Gasteiger partial charge in [-0.3, -0.25) is 4.79 Å². The van der Waals surface area contributed by atoms with E-state index in [1.54, 1.807) is 24.1 Å². The number of likely N-dealkylation sites (N-methyl/N-ethyl adjacent to an activating group) is 1. The van der Waals surface area contributed by atoms with Gasteiger partial charge in [0.05, 0.1) is 17.6 Å². The number of carbonyl (C=O) groups excluding carboxylic acids is 1. The third-order valence-electron chi connectivity index (χ3n) is 3.56. The largest absolute Gasteiger partial charge is 0.314 e. The molecule has 1 atom stereocenters. The Morgan fingerprint density at radius 2 is 1.79 bits per heavy atom. The van der Waals surface area contributed by atoms with Crippen molar-refractivity contribution in [3.63, 3.8) is 0 Å². The lowest BCUT2D eigenvalue weighted by atomic mass is 9.92. The fourth-order valence-corrected chi connectivity index (χ4v) is 2.55. The number of anilines is 1. The van der Waals surface area contributed by atoms with Crippen molar-refractivity contribution in [2.75, 3.05) is 11.9 Å². The maximum Gasteiger partial charge on any atom is 0.238 e. The zero-order valence-electron chi connectivity index (χ0n) is 10.5. The lowest BCUT2D eigenvalue weighted by Crippen LogP contribution is -2.24. The Hall–Kier alpha value is -2.60. The molecule has 1 amide bonds. The third-order valence-corrected chi connectivity index (χ3v) is 3.56. The van der Waals surface area contributed by atoms with Crippen molar-refractivity contribution in [1.82, 2.24) is 0 Å². The molecule has 0 fully saturated rings. The van der Waals surface area contributed by atoms with Crippen LogP contribution in [-0.2, 0) is 4.79 Å². The Morgan fingerprint density at radius 3 is 2.47 bits per heavy atom. The molecular formula is C16H12N2O. The number of rotatable bonds is 1. The summed E-state index contributed by atoms with van der Waals surface area (Å²) in [4.78, 5) is 14.1. The molecule has 3 heteroatoms. The van der Waals surface area contributed by atoms with Crippen molar-refractivity contribution in [1.29, 1.82) is 5.26 Å². The van der Waals surface area contributed by atoms with E-state index in [9.17, 15) is 4.79 Å². The second-order valence-electron chi connectivity index (χ2n) is 4.62. The zero-order chi connectivity index (χ0) is 13.4. The van der Waals surface area contributed by atoms with E-state index < -0.39 is 0 Å². The minimum absolute atomic E-state index is 0.0749. The quantitative estimate of drug-likeness (QED) is 0.778. The van der Waals surface area contributed by atoms with Gasteiger partial charge in [0.2, 0.25) is 5.91 Å². The molecule has 0 aromatic heterocycles. The zero-order valence-corrected chi connectivity index (χ0v) is 10.5. The average Bonchev–Trinajstić information content (AvgIpc) is 2.72. The number of nitrogens with zero attached hydrogens (tertiary/aromatic N) is 2. The molecule has 2 aromatic carbocycles. The van der Waals surface area contributed by atoms with Crippen LogP contribution >= 0.6 is 0 Å². The standard InChI is InChI=1S/C16H12N2O/c1-18-14-5-3-2-4-13(14)15(16(18)19)12-8-6-11(10-17)7-9-12/h2-9,15H,1H3. The van der Waals surface area contributed by atoms with Crippen molar-refractivity contribution < 1.29 is 4.79 Å². The van der Waals surface area contributed by atoms with Crippen LogP contribution in [0, 0.1) is 11.3 Å². The van der Waals surface area contributed by atoms with Gasteiger partial charge in [0.25, 0.3) is 0 Å². The van der Waals surface area contributed by atoms with Crippen LogP contribution in [0.15, 0.2) is 48.5 Å². The van der Waals surface area contributed by atoms with Gasteiger partial charge in [-0.05, 0) is 29.3 Å². The number of benzene rings is 2. The highest BCUT2D eigenvalue weighted by Gasteiger charge is 2.35.